The molecular formula is C10H17N3O2S. The molecular weight excluding hydrogens is 226 g/mol. The number of rotatable bonds is 5. The van der Waals surface area contributed by atoms with Gasteiger partial charge in [0.15, 0.2) is 0 Å². The van der Waals surface area contributed by atoms with Crippen molar-refractivity contribution in [2.45, 2.75) is 20.3 Å². The van der Waals surface area contributed by atoms with Gasteiger partial charge in [0.25, 0.3) is 0 Å². The van der Waals surface area contributed by atoms with E-state index in [0.29, 0.717) is 6.54 Å². The summed E-state index contributed by atoms with van der Waals surface area (Å²) in [5.74, 6) is 0.480. The summed E-state index contributed by atoms with van der Waals surface area (Å²) in [6.07, 6.45) is 0.830. The first-order valence-corrected chi connectivity index (χ1v) is 5.97. The third kappa shape index (κ3) is 3.16. The zero-order valence-electron chi connectivity index (χ0n) is 10.1. The first-order chi connectivity index (χ1) is 7.58. The van der Waals surface area contributed by atoms with E-state index in [1.54, 1.807) is 0 Å². The number of aryl methyl sites for hydroxylation is 1. The number of anilines is 1. The molecule has 1 heterocycles. The van der Waals surface area contributed by atoms with E-state index in [2.05, 4.69) is 14.1 Å². The number of methoxy groups -OCH3 is 1. The van der Waals surface area contributed by atoms with Gasteiger partial charge in [-0.1, -0.05) is 13.8 Å². The summed E-state index contributed by atoms with van der Waals surface area (Å²) in [5, 5.41) is 0.840. The first-order valence-electron chi connectivity index (χ1n) is 5.20. The molecule has 0 radical (unpaired) electrons. The number of esters is 1. The topological polar surface area (TPSA) is 55.3 Å². The highest BCUT2D eigenvalue weighted by molar-refractivity contribution is 7.09. The van der Waals surface area contributed by atoms with Gasteiger partial charge in [0.05, 0.1) is 13.0 Å². The molecule has 0 saturated carbocycles. The lowest BCUT2D eigenvalue weighted by Gasteiger charge is -2.18. The largest absolute Gasteiger partial charge is 0.469 e. The quantitative estimate of drug-likeness (QED) is 0.731. The van der Waals surface area contributed by atoms with Crippen molar-refractivity contribution in [1.29, 1.82) is 0 Å². The molecule has 0 amide bonds. The Morgan fingerprint density at radius 2 is 2.31 bits per heavy atom. The van der Waals surface area contributed by atoms with Crippen molar-refractivity contribution in [2.75, 3.05) is 25.6 Å². The van der Waals surface area contributed by atoms with Crippen LogP contribution in [0.1, 0.15) is 19.7 Å². The molecule has 1 rings (SSSR count). The molecule has 1 aromatic rings. The molecule has 0 N–H and O–H groups in total. The lowest BCUT2D eigenvalue weighted by atomic mass is 10.2. The predicted octanol–water partition coefficient (Wildman–Crippen LogP) is 1.35. The van der Waals surface area contributed by atoms with Crippen molar-refractivity contribution in [3.8, 4) is 0 Å². The fourth-order valence-electron chi connectivity index (χ4n) is 1.31. The minimum atomic E-state index is -0.202. The van der Waals surface area contributed by atoms with E-state index in [1.165, 1.54) is 18.6 Å². The predicted molar refractivity (Wildman–Crippen MR) is 63.7 cm³/mol. The van der Waals surface area contributed by atoms with Crippen LogP contribution in [-0.4, -0.2) is 36.0 Å². The van der Waals surface area contributed by atoms with E-state index in [9.17, 15) is 4.79 Å². The van der Waals surface area contributed by atoms with Gasteiger partial charge in [-0.15, -0.1) is 0 Å². The van der Waals surface area contributed by atoms with E-state index in [0.717, 1.165) is 17.4 Å². The van der Waals surface area contributed by atoms with Crippen LogP contribution in [0.25, 0.3) is 0 Å². The van der Waals surface area contributed by atoms with E-state index in [4.69, 9.17) is 0 Å². The molecule has 0 aromatic carbocycles. The van der Waals surface area contributed by atoms with Crippen molar-refractivity contribution in [1.82, 2.24) is 9.36 Å². The Hall–Kier alpha value is -1.17. The summed E-state index contributed by atoms with van der Waals surface area (Å²) < 4.78 is 8.88. The molecule has 1 atom stereocenters. The van der Waals surface area contributed by atoms with Crippen molar-refractivity contribution >= 4 is 22.6 Å². The van der Waals surface area contributed by atoms with Gasteiger partial charge in [0.2, 0.25) is 5.13 Å². The summed E-state index contributed by atoms with van der Waals surface area (Å²) in [7, 11) is 3.30. The standard InChI is InChI=1S/C10H17N3O2S/c1-5-8-11-10(16-12-8)13(3)6-7(2)9(14)15-4/h7H,5-6H2,1-4H3. The Kier molecular flexibility index (Phi) is 4.67. The second-order valence-corrected chi connectivity index (χ2v) is 4.38. The smallest absolute Gasteiger partial charge is 0.310 e. The van der Waals surface area contributed by atoms with Gasteiger partial charge in [0.1, 0.15) is 5.82 Å². The van der Waals surface area contributed by atoms with Gasteiger partial charge >= 0.3 is 5.97 Å². The van der Waals surface area contributed by atoms with Crippen LogP contribution in [0.2, 0.25) is 0 Å². The molecule has 1 unspecified atom stereocenters. The van der Waals surface area contributed by atoms with Gasteiger partial charge in [0, 0.05) is 31.5 Å². The van der Waals surface area contributed by atoms with Crippen LogP contribution in [-0.2, 0) is 16.0 Å². The Morgan fingerprint density at radius 1 is 1.62 bits per heavy atom. The first kappa shape index (κ1) is 12.9. The fourth-order valence-corrected chi connectivity index (χ4v) is 2.03. The average molecular weight is 243 g/mol. The number of carbonyl (C=O) groups is 1. The summed E-state index contributed by atoms with van der Waals surface area (Å²) in [5.41, 5.74) is 0. The normalized spacial score (nSPS) is 12.2. The molecule has 0 fully saturated rings. The van der Waals surface area contributed by atoms with E-state index in [1.807, 2.05) is 25.8 Å². The number of carbonyl (C=O) groups excluding carboxylic acids is 1. The molecule has 0 saturated heterocycles. The highest BCUT2D eigenvalue weighted by atomic mass is 32.1. The van der Waals surface area contributed by atoms with Crippen molar-refractivity contribution in [3.63, 3.8) is 0 Å². The van der Waals surface area contributed by atoms with Crippen LogP contribution in [0.5, 0.6) is 0 Å². The van der Waals surface area contributed by atoms with Crippen LogP contribution < -0.4 is 4.90 Å². The zero-order chi connectivity index (χ0) is 12.1. The maximum atomic E-state index is 11.3. The molecule has 16 heavy (non-hydrogen) atoms. The van der Waals surface area contributed by atoms with Gasteiger partial charge in [-0.05, 0) is 0 Å². The molecule has 90 valence electrons. The lowest BCUT2D eigenvalue weighted by molar-refractivity contribution is -0.144. The minimum absolute atomic E-state index is 0.163. The average Bonchev–Trinajstić information content (AvgIpc) is 2.76. The van der Waals surface area contributed by atoms with Crippen LogP contribution in [0.4, 0.5) is 5.13 Å². The molecule has 0 aliphatic carbocycles. The van der Waals surface area contributed by atoms with Crippen LogP contribution in [0.15, 0.2) is 0 Å². The van der Waals surface area contributed by atoms with E-state index in [-0.39, 0.29) is 11.9 Å². The third-order valence-electron chi connectivity index (χ3n) is 2.25. The van der Waals surface area contributed by atoms with E-state index < -0.39 is 0 Å². The molecule has 5 nitrogen and oxygen atoms in total. The monoisotopic (exact) mass is 243 g/mol. The highest BCUT2D eigenvalue weighted by Crippen LogP contribution is 2.17. The molecule has 0 spiro atoms. The third-order valence-corrected chi connectivity index (χ3v) is 3.12. The van der Waals surface area contributed by atoms with Crippen LogP contribution in [0.3, 0.4) is 0 Å². The summed E-state index contributed by atoms with van der Waals surface area (Å²) >= 11 is 1.36. The molecule has 0 bridgehead atoms. The molecule has 0 aliphatic heterocycles. The number of aromatic nitrogens is 2. The second kappa shape index (κ2) is 5.79. The SMILES string of the molecule is CCc1nsc(N(C)CC(C)C(=O)OC)n1. The van der Waals surface area contributed by atoms with Crippen molar-refractivity contribution in [2.24, 2.45) is 5.92 Å². The Bertz CT molecular complexity index is 354. The summed E-state index contributed by atoms with van der Waals surface area (Å²) in [6, 6.07) is 0. The van der Waals surface area contributed by atoms with E-state index >= 15 is 0 Å². The highest BCUT2D eigenvalue weighted by Gasteiger charge is 2.17. The zero-order valence-corrected chi connectivity index (χ0v) is 10.9. The van der Waals surface area contributed by atoms with Gasteiger partial charge in [-0.25, -0.2) is 4.98 Å². The molecule has 6 heteroatoms. The van der Waals surface area contributed by atoms with Gasteiger partial charge < -0.3 is 9.64 Å². The maximum absolute atomic E-state index is 11.3. The Labute approximate surface area is 99.6 Å². The van der Waals surface area contributed by atoms with Gasteiger partial charge in [-0.3, -0.25) is 4.79 Å². The fraction of sp³-hybridized carbons (Fsp3) is 0.700. The summed E-state index contributed by atoms with van der Waals surface area (Å²) in [6.45, 7) is 4.44. The Balaban J connectivity index is 2.57. The maximum Gasteiger partial charge on any atom is 0.310 e. The molecule has 1 aromatic heterocycles. The molecule has 0 aliphatic rings. The minimum Gasteiger partial charge on any atom is -0.469 e. The van der Waals surface area contributed by atoms with Crippen molar-refractivity contribution < 1.29 is 9.53 Å². The Morgan fingerprint density at radius 3 is 2.81 bits per heavy atom. The second-order valence-electron chi connectivity index (χ2n) is 3.65. The number of nitrogens with zero attached hydrogens (tertiary/aromatic N) is 3. The van der Waals surface area contributed by atoms with Crippen LogP contribution in [0, 0.1) is 5.92 Å². The number of ether oxygens (including phenoxy) is 1. The van der Waals surface area contributed by atoms with Crippen LogP contribution >= 0.6 is 11.5 Å². The number of hydrogen-bond acceptors (Lipinski definition) is 6. The van der Waals surface area contributed by atoms with Gasteiger partial charge in [-0.2, -0.15) is 4.37 Å². The summed E-state index contributed by atoms with van der Waals surface area (Å²) in [4.78, 5) is 17.5. The van der Waals surface area contributed by atoms with Crippen molar-refractivity contribution in [3.05, 3.63) is 5.82 Å². The number of hydrogen-bond donors (Lipinski definition) is 0. The lowest BCUT2D eigenvalue weighted by Crippen LogP contribution is -2.29.